The van der Waals surface area contributed by atoms with E-state index in [-0.39, 0.29) is 11.5 Å². The Bertz CT molecular complexity index is 1080. The van der Waals surface area contributed by atoms with Gasteiger partial charge in [0.25, 0.3) is 0 Å². The van der Waals surface area contributed by atoms with Gasteiger partial charge < -0.3 is 5.11 Å². The van der Waals surface area contributed by atoms with Crippen LogP contribution in [0, 0.1) is 5.41 Å². The highest BCUT2D eigenvalue weighted by molar-refractivity contribution is 5.28. The second-order valence-electron chi connectivity index (χ2n) is 13.2. The van der Waals surface area contributed by atoms with Gasteiger partial charge in [-0.05, 0) is 120 Å². The molecule has 0 aromatic rings. The zero-order valence-electron chi connectivity index (χ0n) is 28.4. The molecule has 41 heavy (non-hydrogen) atoms. The molecule has 0 fully saturated rings. The average Bonchev–Trinajstić information content (AvgIpc) is 2.88. The average molecular weight is 559 g/mol. The van der Waals surface area contributed by atoms with Crippen LogP contribution in [0.4, 0.5) is 0 Å². The van der Waals surface area contributed by atoms with E-state index in [1.807, 2.05) is 0 Å². The molecule has 1 N–H and O–H groups in total. The first-order chi connectivity index (χ1) is 19.3. The summed E-state index contributed by atoms with van der Waals surface area (Å²) < 4.78 is 0. The molecule has 1 unspecified atom stereocenters. The Morgan fingerprint density at radius 2 is 1.22 bits per heavy atom. The fourth-order valence-corrected chi connectivity index (χ4v) is 5.37. The van der Waals surface area contributed by atoms with Gasteiger partial charge in [0.15, 0.2) is 0 Å². The summed E-state index contributed by atoms with van der Waals surface area (Å²) in [6.07, 6.45) is 33.0. The van der Waals surface area contributed by atoms with Crippen molar-refractivity contribution in [1.29, 1.82) is 0 Å². The summed E-state index contributed by atoms with van der Waals surface area (Å²) in [7, 11) is 0. The van der Waals surface area contributed by atoms with Crippen LogP contribution in [-0.2, 0) is 0 Å². The highest BCUT2D eigenvalue weighted by Gasteiger charge is 2.35. The predicted molar refractivity (Wildman–Crippen MR) is 185 cm³/mol. The maximum absolute atomic E-state index is 10.5. The van der Waals surface area contributed by atoms with Crippen LogP contribution in [-0.4, -0.2) is 11.2 Å². The second-order valence-corrected chi connectivity index (χ2v) is 13.2. The molecule has 0 bridgehead atoms. The summed E-state index contributed by atoms with van der Waals surface area (Å²) in [6.45, 7) is 22.1. The number of aliphatic hydroxyl groups is 1. The van der Waals surface area contributed by atoms with Gasteiger partial charge in [0.1, 0.15) is 0 Å². The first kappa shape index (κ1) is 36.6. The van der Waals surface area contributed by atoms with Crippen molar-refractivity contribution in [1.82, 2.24) is 0 Å². The highest BCUT2D eigenvalue weighted by atomic mass is 16.3. The molecule has 1 heteroatoms. The molecule has 1 aliphatic carbocycles. The van der Waals surface area contributed by atoms with E-state index >= 15 is 0 Å². The van der Waals surface area contributed by atoms with Crippen molar-refractivity contribution in [3.63, 3.8) is 0 Å². The van der Waals surface area contributed by atoms with Crippen LogP contribution in [0.5, 0.6) is 0 Å². The molecule has 0 heterocycles. The Morgan fingerprint density at radius 1 is 0.707 bits per heavy atom. The third-order valence-corrected chi connectivity index (χ3v) is 8.43. The van der Waals surface area contributed by atoms with Crippen LogP contribution < -0.4 is 0 Å². The smallest absolute Gasteiger partial charge is 0.0631 e. The van der Waals surface area contributed by atoms with Gasteiger partial charge in [0.2, 0.25) is 0 Å². The number of hydrogen-bond acceptors (Lipinski definition) is 1. The maximum Gasteiger partial charge on any atom is 0.0631 e. The van der Waals surface area contributed by atoms with Crippen LogP contribution in [0.3, 0.4) is 0 Å². The lowest BCUT2D eigenvalue weighted by Crippen LogP contribution is -2.35. The topological polar surface area (TPSA) is 20.2 Å². The van der Waals surface area contributed by atoms with Crippen molar-refractivity contribution in [2.75, 3.05) is 0 Å². The van der Waals surface area contributed by atoms with E-state index in [1.165, 1.54) is 51.0 Å². The van der Waals surface area contributed by atoms with Gasteiger partial charge in [-0.2, -0.15) is 0 Å². The normalized spacial score (nSPS) is 19.6. The van der Waals surface area contributed by atoms with Gasteiger partial charge in [0, 0.05) is 5.41 Å². The Hall–Kier alpha value is -2.38. The van der Waals surface area contributed by atoms with Crippen molar-refractivity contribution in [3.05, 3.63) is 105 Å². The molecular formula is C40H62O. The SMILES string of the molecule is CC(C)=CCCC(C)=CCCC(C)=CC=CC(C)=CC=CC=C(C)CCC=C(C)CCC1=C(C)CCC(O)C1(C)C. The summed E-state index contributed by atoms with van der Waals surface area (Å²) in [6, 6.07) is 0. The molecule has 0 aromatic carbocycles. The Morgan fingerprint density at radius 3 is 1.83 bits per heavy atom. The highest BCUT2D eigenvalue weighted by Crippen LogP contribution is 2.42. The summed E-state index contributed by atoms with van der Waals surface area (Å²) in [4.78, 5) is 0. The van der Waals surface area contributed by atoms with Gasteiger partial charge in [-0.15, -0.1) is 0 Å². The monoisotopic (exact) mass is 558 g/mol. The minimum atomic E-state index is -0.211. The molecule has 1 atom stereocenters. The molecule has 228 valence electrons. The number of rotatable bonds is 16. The van der Waals surface area contributed by atoms with E-state index in [9.17, 15) is 5.11 Å². The van der Waals surface area contributed by atoms with Crippen molar-refractivity contribution < 1.29 is 5.11 Å². The van der Waals surface area contributed by atoms with Gasteiger partial charge in [-0.25, -0.2) is 0 Å². The predicted octanol–water partition coefficient (Wildman–Crippen LogP) is 12.4. The Labute approximate surface area is 255 Å². The molecule has 1 rings (SSSR count). The lowest BCUT2D eigenvalue weighted by molar-refractivity contribution is 0.0558. The van der Waals surface area contributed by atoms with Crippen LogP contribution in [0.25, 0.3) is 0 Å². The van der Waals surface area contributed by atoms with E-state index in [4.69, 9.17) is 0 Å². The van der Waals surface area contributed by atoms with Crippen molar-refractivity contribution >= 4 is 0 Å². The summed E-state index contributed by atoms with van der Waals surface area (Å²) >= 11 is 0. The van der Waals surface area contributed by atoms with Gasteiger partial charge in [-0.1, -0.05) is 119 Å². The first-order valence-corrected chi connectivity index (χ1v) is 16.0. The minimum absolute atomic E-state index is 0.0888. The summed E-state index contributed by atoms with van der Waals surface area (Å²) in [5, 5.41) is 10.5. The third-order valence-electron chi connectivity index (χ3n) is 8.43. The molecule has 0 aliphatic heterocycles. The van der Waals surface area contributed by atoms with Crippen LogP contribution in [0.15, 0.2) is 105 Å². The molecule has 0 saturated carbocycles. The maximum atomic E-state index is 10.5. The molecule has 0 radical (unpaired) electrons. The van der Waals surface area contributed by atoms with E-state index in [0.29, 0.717) is 0 Å². The fourth-order valence-electron chi connectivity index (χ4n) is 5.37. The van der Waals surface area contributed by atoms with Crippen LogP contribution >= 0.6 is 0 Å². The zero-order valence-corrected chi connectivity index (χ0v) is 28.4. The third kappa shape index (κ3) is 16.0. The molecule has 1 nitrogen and oxygen atoms in total. The molecule has 0 amide bonds. The van der Waals surface area contributed by atoms with E-state index in [1.54, 1.807) is 0 Å². The second kappa shape index (κ2) is 19.7. The molecule has 0 saturated heterocycles. The minimum Gasteiger partial charge on any atom is -0.392 e. The molecule has 1 aliphatic rings. The van der Waals surface area contributed by atoms with Crippen molar-refractivity contribution in [2.24, 2.45) is 5.41 Å². The molecule has 0 spiro atoms. The van der Waals surface area contributed by atoms with Crippen molar-refractivity contribution in [2.45, 2.75) is 140 Å². The van der Waals surface area contributed by atoms with Crippen LogP contribution in [0.1, 0.15) is 133 Å². The lowest BCUT2D eigenvalue weighted by Gasteiger charge is -2.39. The fraction of sp³-hybridized carbons (Fsp3) is 0.550. The summed E-state index contributed by atoms with van der Waals surface area (Å²) in [5.74, 6) is 0. The van der Waals surface area contributed by atoms with E-state index in [0.717, 1.165) is 57.8 Å². The Balaban J connectivity index is 2.42. The molecule has 0 aromatic heterocycles. The quantitative estimate of drug-likeness (QED) is 0.147. The standard InChI is InChI=1S/C40H62O/c1-31(2)17-13-20-34(5)23-15-25-35(6)24-14-21-32(3)18-11-12-19-33(4)22-16-26-36(7)27-29-38-37(8)28-30-39(41)40(38,9)10/h11-12,14,17-19,21,23-24,26,39,41H,13,15-16,20,22,25,27-30H2,1-10H3. The van der Waals surface area contributed by atoms with Gasteiger partial charge in [-0.3, -0.25) is 0 Å². The van der Waals surface area contributed by atoms with Crippen LogP contribution in [0.2, 0.25) is 0 Å². The lowest BCUT2D eigenvalue weighted by atomic mass is 9.69. The van der Waals surface area contributed by atoms with Gasteiger partial charge >= 0.3 is 0 Å². The molecular weight excluding hydrogens is 496 g/mol. The number of hydrogen-bond donors (Lipinski definition) is 1. The van der Waals surface area contributed by atoms with E-state index in [2.05, 4.69) is 130 Å². The van der Waals surface area contributed by atoms with Crippen molar-refractivity contribution in [3.8, 4) is 0 Å². The number of allylic oxidation sites excluding steroid dienone is 17. The van der Waals surface area contributed by atoms with Gasteiger partial charge in [0.05, 0.1) is 6.10 Å². The first-order valence-electron chi connectivity index (χ1n) is 16.0. The van der Waals surface area contributed by atoms with E-state index < -0.39 is 0 Å². The number of aliphatic hydroxyl groups excluding tert-OH is 1. The summed E-state index contributed by atoms with van der Waals surface area (Å²) in [5.41, 5.74) is 11.3. The Kier molecular flexibility index (Phi) is 17.6. The largest absolute Gasteiger partial charge is 0.392 e. The zero-order chi connectivity index (χ0) is 30.8.